The number of aromatic nitrogens is 2. The molecule has 37 heavy (non-hydrogen) atoms. The number of methoxy groups -OCH3 is 1. The van der Waals surface area contributed by atoms with E-state index < -0.39 is 5.54 Å². The molecule has 3 aromatic rings. The van der Waals surface area contributed by atoms with Gasteiger partial charge in [-0.3, -0.25) is 4.79 Å². The standard InChI is InChI=1S/C29H35N3O4S/c1-6-8-19(9-7-2)21-14-22-25(15-24(21)34-5)36-16-23-26(28(33)31-11-12-35-18-29(31,3)4)30-32(27(22)23)20-10-13-37-17-20/h8,10,13-15,17H,6-7,9,11-12,16,18H2,1-5H3/b19-8+. The molecule has 0 N–H and O–H groups in total. The van der Waals surface area contributed by atoms with Gasteiger partial charge in [0, 0.05) is 34.7 Å². The van der Waals surface area contributed by atoms with E-state index in [1.165, 1.54) is 5.57 Å². The Hall–Kier alpha value is -3.10. The fourth-order valence-corrected chi connectivity index (χ4v) is 5.88. The van der Waals surface area contributed by atoms with Gasteiger partial charge in [-0.05, 0) is 49.8 Å². The predicted molar refractivity (Wildman–Crippen MR) is 147 cm³/mol. The zero-order valence-electron chi connectivity index (χ0n) is 22.3. The first-order chi connectivity index (χ1) is 17.9. The van der Waals surface area contributed by atoms with Crippen LogP contribution in [0.5, 0.6) is 11.5 Å². The summed E-state index contributed by atoms with van der Waals surface area (Å²) in [6.45, 7) is 10.2. The van der Waals surface area contributed by atoms with E-state index in [1.54, 1.807) is 18.4 Å². The second-order valence-corrected chi connectivity index (χ2v) is 10.9. The first-order valence-corrected chi connectivity index (χ1v) is 13.9. The number of thiophene rings is 1. The second kappa shape index (κ2) is 10.3. The molecule has 2 aliphatic heterocycles. The van der Waals surface area contributed by atoms with E-state index in [9.17, 15) is 4.79 Å². The molecule has 0 atom stereocenters. The first-order valence-electron chi connectivity index (χ1n) is 13.0. The van der Waals surface area contributed by atoms with Crippen LogP contribution < -0.4 is 9.47 Å². The number of fused-ring (bicyclic) bond motifs is 3. The van der Waals surface area contributed by atoms with Crippen molar-refractivity contribution in [1.82, 2.24) is 14.7 Å². The molecule has 1 saturated heterocycles. The zero-order chi connectivity index (χ0) is 26.2. The molecule has 5 rings (SSSR count). The van der Waals surface area contributed by atoms with Gasteiger partial charge < -0.3 is 19.1 Å². The van der Waals surface area contributed by atoms with Crippen molar-refractivity contribution in [2.24, 2.45) is 0 Å². The van der Waals surface area contributed by atoms with Gasteiger partial charge in [0.25, 0.3) is 5.91 Å². The highest BCUT2D eigenvalue weighted by Gasteiger charge is 2.39. The highest BCUT2D eigenvalue weighted by Crippen LogP contribution is 2.46. The topological polar surface area (TPSA) is 65.8 Å². The fourth-order valence-electron chi connectivity index (χ4n) is 5.26. The van der Waals surface area contributed by atoms with Gasteiger partial charge in [0.05, 0.1) is 37.2 Å². The lowest BCUT2D eigenvalue weighted by Gasteiger charge is -2.41. The van der Waals surface area contributed by atoms with E-state index in [0.717, 1.165) is 58.8 Å². The maximum atomic E-state index is 13.9. The number of morpholine rings is 1. The number of allylic oxidation sites excluding steroid dienone is 2. The summed E-state index contributed by atoms with van der Waals surface area (Å²) in [5.74, 6) is 1.45. The molecule has 0 aliphatic carbocycles. The molecule has 0 saturated carbocycles. The quantitative estimate of drug-likeness (QED) is 0.363. The molecule has 7 nitrogen and oxygen atoms in total. The Kier molecular flexibility index (Phi) is 7.14. The van der Waals surface area contributed by atoms with Crippen molar-refractivity contribution in [3.8, 4) is 28.4 Å². The Labute approximate surface area is 222 Å². The van der Waals surface area contributed by atoms with Crippen molar-refractivity contribution in [3.05, 3.63) is 51.9 Å². The normalized spacial score (nSPS) is 16.7. The van der Waals surface area contributed by atoms with Gasteiger partial charge in [0.1, 0.15) is 18.1 Å². The number of hydrogen-bond acceptors (Lipinski definition) is 6. The highest BCUT2D eigenvalue weighted by molar-refractivity contribution is 7.08. The molecule has 4 heterocycles. The third kappa shape index (κ3) is 4.57. The van der Waals surface area contributed by atoms with Crippen LogP contribution >= 0.6 is 11.3 Å². The number of hydrogen-bond donors (Lipinski definition) is 0. The summed E-state index contributed by atoms with van der Waals surface area (Å²) < 4.78 is 19.6. The summed E-state index contributed by atoms with van der Waals surface area (Å²) in [5, 5.41) is 9.01. The lowest BCUT2D eigenvalue weighted by molar-refractivity contribution is -0.0374. The van der Waals surface area contributed by atoms with Crippen molar-refractivity contribution < 1.29 is 19.0 Å². The van der Waals surface area contributed by atoms with Gasteiger partial charge >= 0.3 is 0 Å². The average Bonchev–Trinajstić information content (AvgIpc) is 3.55. The number of rotatable bonds is 7. The summed E-state index contributed by atoms with van der Waals surface area (Å²) in [5.41, 5.74) is 5.92. The summed E-state index contributed by atoms with van der Waals surface area (Å²) in [6.07, 6.45) is 5.20. The maximum absolute atomic E-state index is 13.9. The van der Waals surface area contributed by atoms with Gasteiger partial charge in [-0.1, -0.05) is 26.3 Å². The van der Waals surface area contributed by atoms with Gasteiger partial charge in [0.15, 0.2) is 5.69 Å². The van der Waals surface area contributed by atoms with Crippen molar-refractivity contribution >= 4 is 22.8 Å². The van der Waals surface area contributed by atoms with Crippen LogP contribution in [0, 0.1) is 0 Å². The van der Waals surface area contributed by atoms with Crippen molar-refractivity contribution in [3.63, 3.8) is 0 Å². The summed E-state index contributed by atoms with van der Waals surface area (Å²) in [7, 11) is 1.70. The molecular formula is C29H35N3O4S. The molecule has 2 aliphatic rings. The highest BCUT2D eigenvalue weighted by atomic mass is 32.1. The number of carbonyl (C=O) groups excluding carboxylic acids is 1. The molecule has 1 fully saturated rings. The Morgan fingerprint density at radius 1 is 1.30 bits per heavy atom. The number of carbonyl (C=O) groups is 1. The van der Waals surface area contributed by atoms with Gasteiger partial charge in [-0.25, -0.2) is 4.68 Å². The predicted octanol–water partition coefficient (Wildman–Crippen LogP) is 6.35. The van der Waals surface area contributed by atoms with Crippen LogP contribution in [0.15, 0.2) is 35.0 Å². The fraction of sp³-hybridized carbons (Fsp3) is 0.448. The summed E-state index contributed by atoms with van der Waals surface area (Å²) in [6, 6.07) is 6.16. The van der Waals surface area contributed by atoms with Gasteiger partial charge in [-0.15, -0.1) is 0 Å². The van der Waals surface area contributed by atoms with E-state index in [1.807, 2.05) is 40.9 Å². The van der Waals surface area contributed by atoms with Gasteiger partial charge in [0.2, 0.25) is 0 Å². The molecule has 0 radical (unpaired) electrons. The van der Waals surface area contributed by atoms with E-state index in [0.29, 0.717) is 25.5 Å². The first kappa shape index (κ1) is 25.5. The smallest absolute Gasteiger partial charge is 0.275 e. The molecule has 1 amide bonds. The summed E-state index contributed by atoms with van der Waals surface area (Å²) >= 11 is 1.61. The molecular weight excluding hydrogens is 486 g/mol. The Morgan fingerprint density at radius 3 is 2.81 bits per heavy atom. The minimum Gasteiger partial charge on any atom is -0.496 e. The SMILES string of the molecule is CC/C=C(\CCC)c1cc2c(cc1OC)OCc1c(C(=O)N3CCOCC3(C)C)nn(-c3ccsc3)c1-2. The molecule has 2 aromatic heterocycles. The van der Waals surface area contributed by atoms with E-state index >= 15 is 0 Å². The number of nitrogens with zero attached hydrogens (tertiary/aromatic N) is 3. The molecule has 8 heteroatoms. The minimum atomic E-state index is -0.414. The number of benzene rings is 1. The van der Waals surface area contributed by atoms with Crippen LogP contribution in [-0.4, -0.2) is 53.0 Å². The minimum absolute atomic E-state index is 0.0862. The van der Waals surface area contributed by atoms with E-state index in [4.69, 9.17) is 19.3 Å². The molecule has 0 bridgehead atoms. The molecule has 196 valence electrons. The molecule has 1 aromatic carbocycles. The lowest BCUT2D eigenvalue weighted by atomic mass is 9.93. The second-order valence-electron chi connectivity index (χ2n) is 10.1. The average molecular weight is 522 g/mol. The van der Waals surface area contributed by atoms with Crippen LogP contribution in [0.25, 0.3) is 22.5 Å². The number of ether oxygens (including phenoxy) is 3. The van der Waals surface area contributed by atoms with Crippen LogP contribution in [0.3, 0.4) is 0 Å². The molecule has 0 unspecified atom stereocenters. The third-order valence-corrected chi connectivity index (χ3v) is 7.74. The monoisotopic (exact) mass is 521 g/mol. The third-order valence-electron chi connectivity index (χ3n) is 7.07. The van der Waals surface area contributed by atoms with Crippen LogP contribution in [-0.2, 0) is 11.3 Å². The zero-order valence-corrected chi connectivity index (χ0v) is 23.1. The lowest BCUT2D eigenvalue weighted by Crippen LogP contribution is -2.55. The van der Waals surface area contributed by atoms with Crippen molar-refractivity contribution in [2.45, 2.75) is 59.1 Å². The van der Waals surface area contributed by atoms with Gasteiger partial charge in [-0.2, -0.15) is 16.4 Å². The van der Waals surface area contributed by atoms with Crippen LogP contribution in [0.4, 0.5) is 0 Å². The number of amides is 1. The Bertz CT molecular complexity index is 1320. The van der Waals surface area contributed by atoms with E-state index in [-0.39, 0.29) is 12.5 Å². The van der Waals surface area contributed by atoms with Crippen LogP contribution in [0.1, 0.15) is 68.6 Å². The largest absolute Gasteiger partial charge is 0.496 e. The van der Waals surface area contributed by atoms with Crippen molar-refractivity contribution in [1.29, 1.82) is 0 Å². The Balaban J connectivity index is 1.71. The van der Waals surface area contributed by atoms with E-state index in [2.05, 4.69) is 31.4 Å². The van der Waals surface area contributed by atoms with Crippen LogP contribution in [0.2, 0.25) is 0 Å². The molecule has 0 spiro atoms. The summed E-state index contributed by atoms with van der Waals surface area (Å²) in [4.78, 5) is 15.8. The Morgan fingerprint density at radius 2 is 2.14 bits per heavy atom. The van der Waals surface area contributed by atoms with Crippen molar-refractivity contribution in [2.75, 3.05) is 26.9 Å². The maximum Gasteiger partial charge on any atom is 0.275 e.